The van der Waals surface area contributed by atoms with Gasteiger partial charge in [0.05, 0.1) is 14.2 Å². The molecule has 1 rings (SSSR count). The number of nitrogens with zero attached hydrogens (tertiary/aromatic N) is 1. The van der Waals surface area contributed by atoms with Gasteiger partial charge in [-0.3, -0.25) is 0 Å². The fraction of sp³-hybridized carbons (Fsp3) is 0.600. The van der Waals surface area contributed by atoms with Crippen molar-refractivity contribution in [2.45, 2.75) is 33.2 Å². The maximum Gasteiger partial charge on any atom is 0.125 e. The highest BCUT2D eigenvalue weighted by molar-refractivity contribution is 5.41. The maximum absolute atomic E-state index is 5.44. The van der Waals surface area contributed by atoms with Crippen molar-refractivity contribution in [1.82, 2.24) is 4.90 Å². The number of rotatable bonds is 7. The van der Waals surface area contributed by atoms with Gasteiger partial charge in [-0.05, 0) is 38.1 Å². The Morgan fingerprint density at radius 1 is 1.11 bits per heavy atom. The molecule has 3 nitrogen and oxygen atoms in total. The fourth-order valence-corrected chi connectivity index (χ4v) is 2.31. The van der Waals surface area contributed by atoms with Gasteiger partial charge in [0.25, 0.3) is 0 Å². The van der Waals surface area contributed by atoms with Crippen molar-refractivity contribution in [2.24, 2.45) is 0 Å². The molecular formula is C15H25NO2. The summed E-state index contributed by atoms with van der Waals surface area (Å²) in [6.45, 7) is 8.82. The van der Waals surface area contributed by atoms with Crippen molar-refractivity contribution in [2.75, 3.05) is 27.3 Å². The van der Waals surface area contributed by atoms with Gasteiger partial charge >= 0.3 is 0 Å². The van der Waals surface area contributed by atoms with Crippen LogP contribution in [0.25, 0.3) is 0 Å². The molecular weight excluding hydrogens is 226 g/mol. The number of ether oxygens (including phenoxy) is 2. The molecule has 0 bridgehead atoms. The summed E-state index contributed by atoms with van der Waals surface area (Å²) in [6, 6.07) is 6.55. The van der Waals surface area contributed by atoms with Crippen LogP contribution >= 0.6 is 0 Å². The number of hydrogen-bond donors (Lipinski definition) is 0. The van der Waals surface area contributed by atoms with E-state index in [4.69, 9.17) is 9.47 Å². The lowest BCUT2D eigenvalue weighted by Gasteiger charge is -2.27. The van der Waals surface area contributed by atoms with Crippen LogP contribution in [-0.4, -0.2) is 38.3 Å². The Hall–Kier alpha value is -1.22. The van der Waals surface area contributed by atoms with Gasteiger partial charge in [-0.1, -0.05) is 19.9 Å². The van der Waals surface area contributed by atoms with Crippen molar-refractivity contribution in [1.29, 1.82) is 0 Å². The van der Waals surface area contributed by atoms with Crippen LogP contribution < -0.4 is 9.47 Å². The zero-order chi connectivity index (χ0) is 13.5. The second-order valence-electron chi connectivity index (χ2n) is 4.45. The molecule has 0 aliphatic rings. The smallest absolute Gasteiger partial charge is 0.125 e. The number of likely N-dealkylation sites (N-methyl/N-ethyl adjacent to an activating group) is 1. The second kappa shape index (κ2) is 7.27. The van der Waals surface area contributed by atoms with Crippen LogP contribution in [0.5, 0.6) is 11.5 Å². The zero-order valence-electron chi connectivity index (χ0n) is 12.2. The summed E-state index contributed by atoms with van der Waals surface area (Å²) in [4.78, 5) is 2.45. The average Bonchev–Trinajstić information content (AvgIpc) is 2.40. The maximum atomic E-state index is 5.44. The summed E-state index contributed by atoms with van der Waals surface area (Å²) in [5.74, 6) is 1.75. The Balaban J connectivity index is 2.83. The molecule has 0 saturated carbocycles. The molecule has 0 aliphatic carbocycles. The number of methoxy groups -OCH3 is 2. The summed E-state index contributed by atoms with van der Waals surface area (Å²) >= 11 is 0. The third-order valence-corrected chi connectivity index (χ3v) is 3.45. The number of hydrogen-bond acceptors (Lipinski definition) is 3. The van der Waals surface area contributed by atoms with Crippen LogP contribution in [-0.2, 0) is 6.42 Å². The van der Waals surface area contributed by atoms with Gasteiger partial charge in [0, 0.05) is 12.1 Å². The molecule has 0 N–H and O–H groups in total. The van der Waals surface area contributed by atoms with E-state index >= 15 is 0 Å². The van der Waals surface area contributed by atoms with E-state index in [2.05, 4.69) is 31.7 Å². The first-order chi connectivity index (χ1) is 8.65. The minimum Gasteiger partial charge on any atom is -0.497 e. The zero-order valence-corrected chi connectivity index (χ0v) is 12.2. The molecule has 0 saturated heterocycles. The molecule has 0 amide bonds. The summed E-state index contributed by atoms with van der Waals surface area (Å²) in [5.41, 5.74) is 1.23. The van der Waals surface area contributed by atoms with Gasteiger partial charge < -0.3 is 14.4 Å². The third kappa shape index (κ3) is 3.64. The average molecular weight is 251 g/mol. The summed E-state index contributed by atoms with van der Waals surface area (Å²) < 4.78 is 10.7. The first-order valence-corrected chi connectivity index (χ1v) is 6.61. The lowest BCUT2D eigenvalue weighted by atomic mass is 10.0. The van der Waals surface area contributed by atoms with E-state index < -0.39 is 0 Å². The quantitative estimate of drug-likeness (QED) is 0.743. The van der Waals surface area contributed by atoms with Gasteiger partial charge in [0.1, 0.15) is 11.5 Å². The van der Waals surface area contributed by atoms with Crippen LogP contribution in [0.2, 0.25) is 0 Å². The van der Waals surface area contributed by atoms with Gasteiger partial charge in [0.2, 0.25) is 0 Å². The van der Waals surface area contributed by atoms with Crippen LogP contribution in [0.15, 0.2) is 18.2 Å². The Labute approximate surface area is 111 Å². The van der Waals surface area contributed by atoms with Gasteiger partial charge in [-0.15, -0.1) is 0 Å². The standard InChI is InChI=1S/C15H25NO2/c1-6-16(7-2)12(3)10-13-8-9-14(17-4)11-15(13)18-5/h8-9,11-12H,6-7,10H2,1-5H3/t12-/m1/s1. The van der Waals surface area contributed by atoms with Crippen LogP contribution in [0.1, 0.15) is 26.3 Å². The van der Waals surface area contributed by atoms with Crippen LogP contribution in [0.4, 0.5) is 0 Å². The molecule has 1 aromatic carbocycles. The van der Waals surface area contributed by atoms with Gasteiger partial charge in [0.15, 0.2) is 0 Å². The Morgan fingerprint density at radius 3 is 2.28 bits per heavy atom. The van der Waals surface area contributed by atoms with Crippen molar-refractivity contribution >= 4 is 0 Å². The largest absolute Gasteiger partial charge is 0.497 e. The molecule has 1 aromatic rings. The van der Waals surface area contributed by atoms with Crippen LogP contribution in [0, 0.1) is 0 Å². The summed E-state index contributed by atoms with van der Waals surface area (Å²) in [6.07, 6.45) is 0.995. The highest BCUT2D eigenvalue weighted by Crippen LogP contribution is 2.26. The molecule has 0 unspecified atom stereocenters. The van der Waals surface area contributed by atoms with Crippen molar-refractivity contribution in [3.05, 3.63) is 23.8 Å². The van der Waals surface area contributed by atoms with Crippen molar-refractivity contribution in [3.8, 4) is 11.5 Å². The minimum absolute atomic E-state index is 0.516. The first-order valence-electron chi connectivity index (χ1n) is 6.61. The monoisotopic (exact) mass is 251 g/mol. The summed E-state index contributed by atoms with van der Waals surface area (Å²) in [7, 11) is 3.38. The van der Waals surface area contributed by atoms with E-state index in [9.17, 15) is 0 Å². The van der Waals surface area contributed by atoms with E-state index in [0.717, 1.165) is 31.0 Å². The van der Waals surface area contributed by atoms with Crippen molar-refractivity contribution in [3.63, 3.8) is 0 Å². The molecule has 0 radical (unpaired) electrons. The van der Waals surface area contributed by atoms with E-state index in [1.165, 1.54) is 5.56 Å². The van der Waals surface area contributed by atoms with E-state index in [1.54, 1.807) is 14.2 Å². The molecule has 0 spiro atoms. The van der Waals surface area contributed by atoms with Gasteiger partial charge in [-0.2, -0.15) is 0 Å². The third-order valence-electron chi connectivity index (χ3n) is 3.45. The molecule has 18 heavy (non-hydrogen) atoms. The van der Waals surface area contributed by atoms with E-state index in [-0.39, 0.29) is 0 Å². The molecule has 1 atom stereocenters. The predicted octanol–water partition coefficient (Wildman–Crippen LogP) is 2.98. The minimum atomic E-state index is 0.516. The molecule has 102 valence electrons. The normalized spacial score (nSPS) is 12.6. The highest BCUT2D eigenvalue weighted by atomic mass is 16.5. The Kier molecular flexibility index (Phi) is 5.99. The second-order valence-corrected chi connectivity index (χ2v) is 4.45. The number of benzene rings is 1. The van der Waals surface area contributed by atoms with E-state index in [1.807, 2.05) is 12.1 Å². The van der Waals surface area contributed by atoms with Crippen molar-refractivity contribution < 1.29 is 9.47 Å². The Bertz CT molecular complexity index is 362. The first kappa shape index (κ1) is 14.8. The molecule has 3 heteroatoms. The van der Waals surface area contributed by atoms with Crippen LogP contribution in [0.3, 0.4) is 0 Å². The van der Waals surface area contributed by atoms with E-state index in [0.29, 0.717) is 6.04 Å². The Morgan fingerprint density at radius 2 is 1.78 bits per heavy atom. The SMILES string of the molecule is CCN(CC)[C@H](C)Cc1ccc(OC)cc1OC. The molecule has 0 fully saturated rings. The topological polar surface area (TPSA) is 21.7 Å². The highest BCUT2D eigenvalue weighted by Gasteiger charge is 2.13. The predicted molar refractivity (Wildman–Crippen MR) is 75.6 cm³/mol. The lowest BCUT2D eigenvalue weighted by Crippen LogP contribution is -2.34. The molecule has 0 aromatic heterocycles. The summed E-state index contributed by atoms with van der Waals surface area (Å²) in [5, 5.41) is 0. The lowest BCUT2D eigenvalue weighted by molar-refractivity contribution is 0.229. The molecule has 0 aliphatic heterocycles. The van der Waals surface area contributed by atoms with Gasteiger partial charge in [-0.25, -0.2) is 0 Å². The fourth-order valence-electron chi connectivity index (χ4n) is 2.31. The molecule has 0 heterocycles.